The summed E-state index contributed by atoms with van der Waals surface area (Å²) in [6, 6.07) is 19.2. The molecule has 0 amide bonds. The van der Waals surface area contributed by atoms with Crippen LogP contribution >= 0.6 is 0 Å². The third-order valence-corrected chi connectivity index (χ3v) is 4.38. The van der Waals surface area contributed by atoms with Gasteiger partial charge in [0.05, 0.1) is 0 Å². The van der Waals surface area contributed by atoms with E-state index in [0.29, 0.717) is 6.04 Å². The lowest BCUT2D eigenvalue weighted by atomic mass is 10.0. The number of nitrogens with zero attached hydrogens (tertiary/aromatic N) is 3. The van der Waals surface area contributed by atoms with Crippen LogP contribution in [-0.2, 0) is 0 Å². The number of piperazine rings is 1. The van der Waals surface area contributed by atoms with Gasteiger partial charge in [0.25, 0.3) is 0 Å². The molecule has 0 spiro atoms. The highest BCUT2D eigenvalue weighted by Crippen LogP contribution is 2.31. The predicted octanol–water partition coefficient (Wildman–Crippen LogP) is 3.09. The summed E-state index contributed by atoms with van der Waals surface area (Å²) in [7, 11) is 0. The van der Waals surface area contributed by atoms with Gasteiger partial charge in [-0.15, -0.1) is 10.2 Å². The van der Waals surface area contributed by atoms with Gasteiger partial charge in [-0.3, -0.25) is 0 Å². The largest absolute Gasteiger partial charge is 0.352 e. The quantitative estimate of drug-likeness (QED) is 0.790. The van der Waals surface area contributed by atoms with E-state index in [2.05, 4.69) is 63.7 Å². The standard InChI is InChI=1S/C19H20N4/c1-14-13-23(12-11-20-14)19-17-10-6-5-9-16(17)18(21-22-19)15-7-3-2-4-8-15/h2-10,14,20H,11-13H2,1H3/t14-/m0/s1. The molecule has 1 aromatic heterocycles. The molecule has 0 radical (unpaired) electrons. The predicted molar refractivity (Wildman–Crippen MR) is 94.7 cm³/mol. The zero-order chi connectivity index (χ0) is 15.6. The number of hydrogen-bond acceptors (Lipinski definition) is 4. The van der Waals surface area contributed by atoms with Gasteiger partial charge in [0.15, 0.2) is 5.82 Å². The van der Waals surface area contributed by atoms with Crippen molar-refractivity contribution in [3.63, 3.8) is 0 Å². The fourth-order valence-corrected chi connectivity index (χ4v) is 3.26. The number of anilines is 1. The molecule has 0 bridgehead atoms. The molecule has 2 heterocycles. The van der Waals surface area contributed by atoms with Crippen LogP contribution < -0.4 is 10.2 Å². The van der Waals surface area contributed by atoms with E-state index < -0.39 is 0 Å². The average molecular weight is 304 g/mol. The van der Waals surface area contributed by atoms with Crippen molar-refractivity contribution in [3.8, 4) is 11.3 Å². The highest BCUT2D eigenvalue weighted by molar-refractivity contribution is 6.00. The Bertz CT molecular complexity index is 816. The Balaban J connectivity index is 1.86. The highest BCUT2D eigenvalue weighted by atomic mass is 15.3. The monoisotopic (exact) mass is 304 g/mol. The summed E-state index contributed by atoms with van der Waals surface area (Å²) in [4.78, 5) is 2.34. The van der Waals surface area contributed by atoms with Crippen LogP contribution in [0.1, 0.15) is 6.92 Å². The molecular formula is C19H20N4. The summed E-state index contributed by atoms with van der Waals surface area (Å²) < 4.78 is 0. The van der Waals surface area contributed by atoms with Crippen molar-refractivity contribution in [2.24, 2.45) is 0 Å². The van der Waals surface area contributed by atoms with Crippen LogP contribution in [0.4, 0.5) is 5.82 Å². The fraction of sp³-hybridized carbons (Fsp3) is 0.263. The highest BCUT2D eigenvalue weighted by Gasteiger charge is 2.20. The van der Waals surface area contributed by atoms with E-state index in [-0.39, 0.29) is 0 Å². The fourth-order valence-electron chi connectivity index (χ4n) is 3.26. The van der Waals surface area contributed by atoms with Crippen molar-refractivity contribution in [1.29, 1.82) is 0 Å². The van der Waals surface area contributed by atoms with Crippen molar-refractivity contribution in [2.45, 2.75) is 13.0 Å². The number of hydrogen-bond donors (Lipinski definition) is 1. The lowest BCUT2D eigenvalue weighted by molar-refractivity contribution is 0.482. The molecule has 0 unspecified atom stereocenters. The average Bonchev–Trinajstić information content (AvgIpc) is 2.61. The van der Waals surface area contributed by atoms with Gasteiger partial charge in [-0.2, -0.15) is 0 Å². The molecule has 0 aliphatic carbocycles. The van der Waals surface area contributed by atoms with Crippen molar-refractivity contribution < 1.29 is 0 Å². The first-order valence-electron chi connectivity index (χ1n) is 8.12. The normalized spacial score (nSPS) is 18.3. The van der Waals surface area contributed by atoms with Crippen LogP contribution in [0.2, 0.25) is 0 Å². The Kier molecular flexibility index (Phi) is 3.67. The lowest BCUT2D eigenvalue weighted by Gasteiger charge is -2.33. The summed E-state index contributed by atoms with van der Waals surface area (Å²) in [5, 5.41) is 15.0. The van der Waals surface area contributed by atoms with Crippen LogP contribution in [0.25, 0.3) is 22.0 Å². The molecule has 2 aromatic carbocycles. The second-order valence-corrected chi connectivity index (χ2v) is 6.09. The van der Waals surface area contributed by atoms with Crippen LogP contribution in [0.5, 0.6) is 0 Å². The Labute approximate surface area is 136 Å². The summed E-state index contributed by atoms with van der Waals surface area (Å²) in [6.07, 6.45) is 0. The lowest BCUT2D eigenvalue weighted by Crippen LogP contribution is -2.49. The van der Waals surface area contributed by atoms with Gasteiger partial charge < -0.3 is 10.2 Å². The molecule has 1 N–H and O–H groups in total. The first-order chi connectivity index (χ1) is 11.3. The molecule has 0 saturated carbocycles. The van der Waals surface area contributed by atoms with Gasteiger partial charge in [-0.1, -0.05) is 54.6 Å². The smallest absolute Gasteiger partial charge is 0.159 e. The number of benzene rings is 2. The van der Waals surface area contributed by atoms with E-state index in [1.54, 1.807) is 0 Å². The molecule has 1 aliphatic rings. The van der Waals surface area contributed by atoms with Crippen LogP contribution in [-0.4, -0.2) is 35.9 Å². The minimum atomic E-state index is 0.470. The topological polar surface area (TPSA) is 41.1 Å². The van der Waals surface area contributed by atoms with Gasteiger partial charge >= 0.3 is 0 Å². The zero-order valence-electron chi connectivity index (χ0n) is 13.2. The van der Waals surface area contributed by atoms with Crippen molar-refractivity contribution in [1.82, 2.24) is 15.5 Å². The second kappa shape index (κ2) is 5.97. The SMILES string of the molecule is C[C@H]1CN(c2nnc(-c3ccccc3)c3ccccc23)CCN1. The minimum Gasteiger partial charge on any atom is -0.352 e. The van der Waals surface area contributed by atoms with Gasteiger partial charge in [0.1, 0.15) is 5.69 Å². The Morgan fingerprint density at radius 2 is 1.70 bits per heavy atom. The first kappa shape index (κ1) is 14.2. The molecule has 1 fully saturated rings. The maximum absolute atomic E-state index is 4.59. The van der Waals surface area contributed by atoms with E-state index >= 15 is 0 Å². The Hall–Kier alpha value is -2.46. The third-order valence-electron chi connectivity index (χ3n) is 4.38. The summed E-state index contributed by atoms with van der Waals surface area (Å²) in [5.41, 5.74) is 2.06. The zero-order valence-corrected chi connectivity index (χ0v) is 13.2. The summed E-state index contributed by atoms with van der Waals surface area (Å²) in [5.74, 6) is 0.994. The van der Waals surface area contributed by atoms with E-state index in [1.165, 1.54) is 5.39 Å². The van der Waals surface area contributed by atoms with Crippen molar-refractivity contribution in [3.05, 3.63) is 54.6 Å². The van der Waals surface area contributed by atoms with E-state index in [9.17, 15) is 0 Å². The van der Waals surface area contributed by atoms with Crippen LogP contribution in [0, 0.1) is 0 Å². The molecule has 1 atom stereocenters. The first-order valence-corrected chi connectivity index (χ1v) is 8.12. The second-order valence-electron chi connectivity index (χ2n) is 6.09. The number of rotatable bonds is 2. The van der Waals surface area contributed by atoms with Crippen LogP contribution in [0.15, 0.2) is 54.6 Å². The van der Waals surface area contributed by atoms with Crippen molar-refractivity contribution in [2.75, 3.05) is 24.5 Å². The number of nitrogens with one attached hydrogen (secondary N) is 1. The molecule has 4 rings (SSSR count). The molecule has 3 aromatic rings. The third kappa shape index (κ3) is 2.66. The van der Waals surface area contributed by atoms with Gasteiger partial charge in [-0.05, 0) is 6.92 Å². The molecule has 4 nitrogen and oxygen atoms in total. The van der Waals surface area contributed by atoms with Crippen LogP contribution in [0.3, 0.4) is 0 Å². The number of fused-ring (bicyclic) bond motifs is 1. The maximum atomic E-state index is 4.59. The minimum absolute atomic E-state index is 0.470. The van der Waals surface area contributed by atoms with Gasteiger partial charge in [0, 0.05) is 42.0 Å². The Morgan fingerprint density at radius 1 is 0.957 bits per heavy atom. The van der Waals surface area contributed by atoms with E-state index in [0.717, 1.165) is 42.1 Å². The summed E-state index contributed by atoms with van der Waals surface area (Å²) >= 11 is 0. The molecule has 1 aliphatic heterocycles. The summed E-state index contributed by atoms with van der Waals surface area (Å²) in [6.45, 7) is 5.12. The van der Waals surface area contributed by atoms with Crippen molar-refractivity contribution >= 4 is 16.6 Å². The molecule has 116 valence electrons. The maximum Gasteiger partial charge on any atom is 0.159 e. The molecule has 4 heteroatoms. The molecular weight excluding hydrogens is 284 g/mol. The Morgan fingerprint density at radius 3 is 2.48 bits per heavy atom. The number of aromatic nitrogens is 2. The molecule has 1 saturated heterocycles. The van der Waals surface area contributed by atoms with Gasteiger partial charge in [-0.25, -0.2) is 0 Å². The van der Waals surface area contributed by atoms with E-state index in [4.69, 9.17) is 0 Å². The van der Waals surface area contributed by atoms with Gasteiger partial charge in [0.2, 0.25) is 0 Å². The van der Waals surface area contributed by atoms with E-state index in [1.807, 2.05) is 18.2 Å². The molecule has 23 heavy (non-hydrogen) atoms.